The van der Waals surface area contributed by atoms with E-state index in [1.54, 1.807) is 0 Å². The molecule has 1 rings (SSSR count). The van der Waals surface area contributed by atoms with Gasteiger partial charge in [-0.05, 0) is 48.3 Å². The molecule has 0 aliphatic heterocycles. The largest absolute Gasteiger partial charge is 0.491 e. The average Bonchev–Trinajstić information content (AvgIpc) is 3.17. The predicted molar refractivity (Wildman–Crippen MR) is 214 cm³/mol. The molecule has 0 aliphatic carbocycles. The maximum atomic E-state index is 8.60. The standard InChI is InChI=1S/C42H78O13/c1-38(2)7-5-6-8-41(37-39(3)4)40-9-11-42(12-10-40)55-36-35-54-34-33-53-32-31-52-30-29-51-28-27-50-26-25-49-24-23-48-22-21-47-20-19-46-18-17-45-16-15-44-14-13-43/h9-12,38-39,41,43H,5-8,13-37H2,1-4H3/t41-/m1/s1. The first-order chi connectivity index (χ1) is 27.0. The van der Waals surface area contributed by atoms with E-state index in [9.17, 15) is 0 Å². The minimum absolute atomic E-state index is 0.0250. The monoisotopic (exact) mass is 791 g/mol. The summed E-state index contributed by atoms with van der Waals surface area (Å²) in [7, 11) is 0. The van der Waals surface area contributed by atoms with E-state index in [1.807, 2.05) is 0 Å². The lowest BCUT2D eigenvalue weighted by Crippen LogP contribution is -2.15. The van der Waals surface area contributed by atoms with Gasteiger partial charge in [-0.15, -0.1) is 0 Å². The molecule has 0 spiro atoms. The van der Waals surface area contributed by atoms with Crippen LogP contribution < -0.4 is 4.74 Å². The molecule has 0 unspecified atom stereocenters. The summed E-state index contributed by atoms with van der Waals surface area (Å²) < 4.78 is 66.0. The fraction of sp³-hybridized carbons (Fsp3) is 0.857. The van der Waals surface area contributed by atoms with Gasteiger partial charge in [-0.2, -0.15) is 0 Å². The molecule has 0 amide bonds. The van der Waals surface area contributed by atoms with E-state index in [1.165, 1.54) is 37.7 Å². The SMILES string of the molecule is CC(C)CCCC[C@H](CC(C)C)c1ccc(OCCOCCOCCOCCOCCOCCOCCOCCOCCOCCOCCOCCO)cc1. The topological polar surface area (TPSA) is 131 Å². The zero-order valence-electron chi connectivity index (χ0n) is 34.9. The summed E-state index contributed by atoms with van der Waals surface area (Å²) in [5.41, 5.74) is 1.42. The molecule has 1 atom stereocenters. The first-order valence-electron chi connectivity index (χ1n) is 20.7. The van der Waals surface area contributed by atoms with Crippen LogP contribution in [0.4, 0.5) is 0 Å². The zero-order valence-corrected chi connectivity index (χ0v) is 34.9. The highest BCUT2D eigenvalue weighted by Gasteiger charge is 2.14. The summed E-state index contributed by atoms with van der Waals surface area (Å²) in [4.78, 5) is 0. The third kappa shape index (κ3) is 36.6. The molecule has 0 saturated carbocycles. The minimum atomic E-state index is 0.0250. The molecule has 0 aliphatic rings. The number of hydrogen-bond donors (Lipinski definition) is 1. The second-order valence-electron chi connectivity index (χ2n) is 13.9. The normalized spacial score (nSPS) is 12.3. The van der Waals surface area contributed by atoms with E-state index in [0.29, 0.717) is 164 Å². The predicted octanol–water partition coefficient (Wildman–Crippen LogP) is 5.59. The highest BCUT2D eigenvalue weighted by Crippen LogP contribution is 2.30. The van der Waals surface area contributed by atoms with Crippen molar-refractivity contribution in [1.82, 2.24) is 0 Å². The van der Waals surface area contributed by atoms with Gasteiger partial charge in [0.2, 0.25) is 0 Å². The molecular formula is C42H78O13. The van der Waals surface area contributed by atoms with E-state index < -0.39 is 0 Å². The van der Waals surface area contributed by atoms with E-state index in [2.05, 4.69) is 52.0 Å². The lowest BCUT2D eigenvalue weighted by atomic mass is 9.86. The molecule has 1 aromatic rings. The lowest BCUT2D eigenvalue weighted by molar-refractivity contribution is -0.0280. The van der Waals surface area contributed by atoms with Gasteiger partial charge >= 0.3 is 0 Å². The van der Waals surface area contributed by atoms with Crippen molar-refractivity contribution in [1.29, 1.82) is 0 Å². The zero-order chi connectivity index (χ0) is 39.7. The van der Waals surface area contributed by atoms with Crippen molar-refractivity contribution < 1.29 is 61.9 Å². The number of unbranched alkanes of at least 4 members (excludes halogenated alkanes) is 1. The Labute approximate surface area is 333 Å². The van der Waals surface area contributed by atoms with Crippen LogP contribution in [0, 0.1) is 11.8 Å². The van der Waals surface area contributed by atoms with Gasteiger partial charge in [0.15, 0.2) is 0 Å². The lowest BCUT2D eigenvalue weighted by Gasteiger charge is -2.20. The minimum Gasteiger partial charge on any atom is -0.491 e. The van der Waals surface area contributed by atoms with E-state index in [4.69, 9.17) is 61.9 Å². The summed E-state index contributed by atoms with van der Waals surface area (Å²) in [5, 5.41) is 8.60. The second kappa shape index (κ2) is 40.7. The van der Waals surface area contributed by atoms with Crippen LogP contribution in [0.15, 0.2) is 24.3 Å². The summed E-state index contributed by atoms with van der Waals surface area (Å²) >= 11 is 0. The maximum absolute atomic E-state index is 8.60. The Balaban J connectivity index is 1.78. The number of benzene rings is 1. The van der Waals surface area contributed by atoms with Gasteiger partial charge in [0.1, 0.15) is 12.4 Å². The molecule has 0 saturated heterocycles. The Morgan fingerprint density at radius 1 is 0.382 bits per heavy atom. The van der Waals surface area contributed by atoms with Crippen LogP contribution in [0.2, 0.25) is 0 Å². The summed E-state index contributed by atoms with van der Waals surface area (Å²) in [6.07, 6.45) is 6.42. The van der Waals surface area contributed by atoms with Gasteiger partial charge < -0.3 is 61.9 Å². The molecule has 324 valence electrons. The van der Waals surface area contributed by atoms with Crippen LogP contribution in [0.5, 0.6) is 5.75 Å². The third-order valence-corrected chi connectivity index (χ3v) is 8.14. The molecule has 0 bridgehead atoms. The molecule has 0 fully saturated rings. The Morgan fingerprint density at radius 3 is 1.00 bits per heavy atom. The molecule has 55 heavy (non-hydrogen) atoms. The number of ether oxygens (including phenoxy) is 12. The smallest absolute Gasteiger partial charge is 0.119 e. The number of hydrogen-bond acceptors (Lipinski definition) is 13. The van der Waals surface area contributed by atoms with Crippen LogP contribution >= 0.6 is 0 Å². The van der Waals surface area contributed by atoms with Crippen LogP contribution in [0.3, 0.4) is 0 Å². The molecule has 13 nitrogen and oxygen atoms in total. The highest BCUT2D eigenvalue weighted by atomic mass is 16.6. The number of aliphatic hydroxyl groups excluding tert-OH is 1. The van der Waals surface area contributed by atoms with Gasteiger partial charge in [0, 0.05) is 0 Å². The first-order valence-corrected chi connectivity index (χ1v) is 20.7. The number of aliphatic hydroxyl groups is 1. The Bertz CT molecular complexity index is 891. The highest BCUT2D eigenvalue weighted by molar-refractivity contribution is 5.29. The van der Waals surface area contributed by atoms with Crippen LogP contribution in [-0.4, -0.2) is 164 Å². The van der Waals surface area contributed by atoms with Gasteiger partial charge in [0.05, 0.1) is 152 Å². The Hall–Kier alpha value is -1.46. The van der Waals surface area contributed by atoms with E-state index in [0.717, 1.165) is 11.7 Å². The molecule has 1 aromatic carbocycles. The van der Waals surface area contributed by atoms with Gasteiger partial charge in [-0.25, -0.2) is 0 Å². The molecule has 0 aromatic heterocycles. The van der Waals surface area contributed by atoms with Crippen molar-refractivity contribution >= 4 is 0 Å². The van der Waals surface area contributed by atoms with Gasteiger partial charge in [-0.3, -0.25) is 0 Å². The van der Waals surface area contributed by atoms with Crippen molar-refractivity contribution in [2.75, 3.05) is 159 Å². The summed E-state index contributed by atoms with van der Waals surface area (Å²) in [6.45, 7) is 20.8. The third-order valence-electron chi connectivity index (χ3n) is 8.14. The van der Waals surface area contributed by atoms with Crippen molar-refractivity contribution in [3.05, 3.63) is 29.8 Å². The molecule has 0 radical (unpaired) electrons. The molecule has 13 heteroatoms. The fourth-order valence-electron chi connectivity index (χ4n) is 5.35. The number of rotatable bonds is 44. The van der Waals surface area contributed by atoms with E-state index in [-0.39, 0.29) is 6.61 Å². The van der Waals surface area contributed by atoms with Crippen molar-refractivity contribution in [3.63, 3.8) is 0 Å². The fourth-order valence-corrected chi connectivity index (χ4v) is 5.35. The molecule has 0 heterocycles. The van der Waals surface area contributed by atoms with Crippen LogP contribution in [-0.2, 0) is 52.1 Å². The molecule has 1 N–H and O–H groups in total. The maximum Gasteiger partial charge on any atom is 0.119 e. The Kier molecular flexibility index (Phi) is 38.2. The summed E-state index contributed by atoms with van der Waals surface area (Å²) in [5.74, 6) is 2.99. The van der Waals surface area contributed by atoms with Crippen molar-refractivity contribution in [2.24, 2.45) is 11.8 Å². The van der Waals surface area contributed by atoms with Gasteiger partial charge in [0.25, 0.3) is 0 Å². The van der Waals surface area contributed by atoms with Crippen molar-refractivity contribution in [2.45, 2.75) is 65.7 Å². The average molecular weight is 791 g/mol. The van der Waals surface area contributed by atoms with Crippen LogP contribution in [0.1, 0.15) is 71.3 Å². The second-order valence-corrected chi connectivity index (χ2v) is 13.9. The first kappa shape index (κ1) is 51.6. The molecular weight excluding hydrogens is 712 g/mol. The van der Waals surface area contributed by atoms with Crippen molar-refractivity contribution in [3.8, 4) is 5.75 Å². The van der Waals surface area contributed by atoms with Gasteiger partial charge in [-0.1, -0.05) is 59.1 Å². The van der Waals surface area contributed by atoms with Crippen LogP contribution in [0.25, 0.3) is 0 Å². The quantitative estimate of drug-likeness (QED) is 0.0826. The summed E-state index contributed by atoms with van der Waals surface area (Å²) in [6, 6.07) is 8.67. The Morgan fingerprint density at radius 2 is 0.691 bits per heavy atom. The van der Waals surface area contributed by atoms with E-state index >= 15 is 0 Å².